The van der Waals surface area contributed by atoms with Crippen molar-refractivity contribution in [2.45, 2.75) is 65.5 Å². The molecule has 50 heavy (non-hydrogen) atoms. The fourth-order valence-electron chi connectivity index (χ4n) is 6.23. The zero-order valence-electron chi connectivity index (χ0n) is 30.4. The van der Waals surface area contributed by atoms with E-state index in [0.29, 0.717) is 39.0 Å². The molecule has 1 aromatic carbocycles. The Bertz CT molecular complexity index is 1620. The summed E-state index contributed by atoms with van der Waals surface area (Å²) in [5.74, 6) is 1.33. The molecule has 1 fully saturated rings. The Kier molecular flexibility index (Phi) is 13.2. The number of aryl methyl sites for hydroxylation is 2. The van der Waals surface area contributed by atoms with Crippen LogP contribution in [0.15, 0.2) is 43.1 Å². The smallest absolute Gasteiger partial charge is 0.349 e. The monoisotopic (exact) mass is 743 g/mol. The molecule has 15 heteroatoms. The zero-order valence-corrected chi connectivity index (χ0v) is 33.0. The fourth-order valence-corrected chi connectivity index (χ4v) is 12.0. The highest BCUT2D eigenvalue weighted by Gasteiger charge is 2.58. The third-order valence-electron chi connectivity index (χ3n) is 8.43. The van der Waals surface area contributed by atoms with Crippen LogP contribution in [0.25, 0.3) is 0 Å². The maximum absolute atomic E-state index is 12.9. The molecule has 0 saturated carbocycles. The van der Waals surface area contributed by atoms with E-state index in [1.165, 1.54) is 17.5 Å². The second-order valence-corrected chi connectivity index (χ2v) is 20.5. The molecule has 0 unspecified atom stereocenters. The van der Waals surface area contributed by atoms with Crippen LogP contribution in [0.3, 0.4) is 0 Å². The SMILES string of the molecule is C=CC(=O)OCCO[Si](OCCN1CCN(c2cc(Nc3ncc(C(=O)Nc4c(C)cccc4Cl)s3)nc(C)n2)CC1)(C(C)(C)C)C(C)(C)C. The van der Waals surface area contributed by atoms with Gasteiger partial charge < -0.3 is 29.1 Å². The van der Waals surface area contributed by atoms with E-state index in [1.54, 1.807) is 6.07 Å². The minimum atomic E-state index is -2.81. The number of hydrogen-bond acceptors (Lipinski definition) is 12. The lowest BCUT2D eigenvalue weighted by Gasteiger charge is -2.49. The Labute approximate surface area is 305 Å². The quantitative estimate of drug-likeness (QED) is 0.0757. The Morgan fingerprint density at radius 1 is 1.02 bits per heavy atom. The molecule has 3 heterocycles. The maximum Gasteiger partial charge on any atom is 0.349 e. The van der Waals surface area contributed by atoms with E-state index in [0.717, 1.165) is 50.2 Å². The van der Waals surface area contributed by atoms with Crippen molar-refractivity contribution >= 4 is 65.8 Å². The van der Waals surface area contributed by atoms with Crippen LogP contribution in [0, 0.1) is 13.8 Å². The normalized spacial score (nSPS) is 14.4. The fraction of sp³-hybridized carbons (Fsp3) is 0.514. The molecular weight excluding hydrogens is 694 g/mol. The number of hydrogen-bond donors (Lipinski definition) is 2. The van der Waals surface area contributed by atoms with Crippen molar-refractivity contribution in [3.8, 4) is 0 Å². The van der Waals surface area contributed by atoms with Gasteiger partial charge in [-0.05, 0) is 25.5 Å². The third kappa shape index (κ3) is 9.89. The molecule has 272 valence electrons. The molecule has 2 N–H and O–H groups in total. The lowest BCUT2D eigenvalue weighted by Crippen LogP contribution is -2.58. The van der Waals surface area contributed by atoms with Gasteiger partial charge in [-0.2, -0.15) is 0 Å². The predicted octanol–water partition coefficient (Wildman–Crippen LogP) is 7.13. The highest BCUT2D eigenvalue weighted by molar-refractivity contribution is 7.17. The van der Waals surface area contributed by atoms with Crippen molar-refractivity contribution in [2.75, 3.05) is 68.1 Å². The van der Waals surface area contributed by atoms with Crippen LogP contribution in [-0.4, -0.2) is 92.8 Å². The number of piperazine rings is 1. The summed E-state index contributed by atoms with van der Waals surface area (Å²) in [6.45, 7) is 25.2. The van der Waals surface area contributed by atoms with Crippen LogP contribution >= 0.6 is 22.9 Å². The highest BCUT2D eigenvalue weighted by atomic mass is 35.5. The van der Waals surface area contributed by atoms with Crippen molar-refractivity contribution in [3.05, 3.63) is 64.4 Å². The number of rotatable bonds is 14. The summed E-state index contributed by atoms with van der Waals surface area (Å²) >= 11 is 7.53. The first-order chi connectivity index (χ1) is 23.5. The summed E-state index contributed by atoms with van der Waals surface area (Å²) in [7, 11) is -2.81. The number of amides is 1. The van der Waals surface area contributed by atoms with Crippen LogP contribution in [0.4, 0.5) is 22.5 Å². The molecule has 0 atom stereocenters. The molecule has 0 radical (unpaired) electrons. The van der Waals surface area contributed by atoms with Gasteiger partial charge in [0.15, 0.2) is 5.13 Å². The number of carbonyl (C=O) groups excluding carboxylic acids is 2. The number of ether oxygens (including phenoxy) is 1. The van der Waals surface area contributed by atoms with Gasteiger partial charge in [-0.15, -0.1) is 0 Å². The summed E-state index contributed by atoms with van der Waals surface area (Å²) in [5.41, 5.74) is 1.47. The van der Waals surface area contributed by atoms with Crippen LogP contribution in [0.1, 0.15) is 62.6 Å². The largest absolute Gasteiger partial charge is 0.460 e. The van der Waals surface area contributed by atoms with Gasteiger partial charge in [0.2, 0.25) is 0 Å². The number of nitrogens with one attached hydrogen (secondary N) is 2. The summed E-state index contributed by atoms with van der Waals surface area (Å²) in [4.78, 5) is 43.2. The molecule has 3 aromatic rings. The average molecular weight is 744 g/mol. The summed E-state index contributed by atoms with van der Waals surface area (Å²) in [6, 6.07) is 7.39. The summed E-state index contributed by atoms with van der Waals surface area (Å²) in [5, 5.41) is 6.73. The minimum absolute atomic E-state index is 0.156. The number of halogens is 1. The van der Waals surface area contributed by atoms with E-state index < -0.39 is 14.5 Å². The molecule has 1 aliphatic rings. The van der Waals surface area contributed by atoms with Crippen LogP contribution < -0.4 is 15.5 Å². The van der Waals surface area contributed by atoms with Gasteiger partial charge in [-0.1, -0.05) is 83.2 Å². The summed E-state index contributed by atoms with van der Waals surface area (Å²) in [6.07, 6.45) is 2.69. The predicted molar refractivity (Wildman–Crippen MR) is 203 cm³/mol. The number of aromatic nitrogens is 3. The highest BCUT2D eigenvalue weighted by Crippen LogP contribution is 2.52. The van der Waals surface area contributed by atoms with Crippen molar-refractivity contribution in [1.82, 2.24) is 19.9 Å². The molecule has 1 aliphatic heterocycles. The molecule has 1 amide bonds. The minimum Gasteiger partial charge on any atom is -0.460 e. The molecule has 0 spiro atoms. The number of anilines is 4. The molecule has 0 aliphatic carbocycles. The van der Waals surface area contributed by atoms with Crippen molar-refractivity contribution in [2.24, 2.45) is 0 Å². The Morgan fingerprint density at radius 3 is 2.34 bits per heavy atom. The molecule has 4 rings (SSSR count). The second-order valence-electron chi connectivity index (χ2n) is 14.2. The number of esters is 1. The first-order valence-electron chi connectivity index (χ1n) is 16.7. The van der Waals surface area contributed by atoms with Crippen LogP contribution in [0.5, 0.6) is 0 Å². The topological polar surface area (TPSA) is 131 Å². The second kappa shape index (κ2) is 16.7. The van der Waals surface area contributed by atoms with Crippen molar-refractivity contribution in [1.29, 1.82) is 0 Å². The Hall–Kier alpha value is -3.40. The van der Waals surface area contributed by atoms with Gasteiger partial charge in [0, 0.05) is 61.5 Å². The third-order valence-corrected chi connectivity index (χ3v) is 14.8. The van der Waals surface area contributed by atoms with Gasteiger partial charge in [-0.3, -0.25) is 9.69 Å². The first kappa shape index (κ1) is 39.4. The van der Waals surface area contributed by atoms with E-state index in [4.69, 9.17) is 30.2 Å². The van der Waals surface area contributed by atoms with E-state index in [2.05, 4.69) is 78.5 Å². The first-order valence-corrected chi connectivity index (χ1v) is 19.7. The van der Waals surface area contributed by atoms with E-state index in [1.807, 2.05) is 32.0 Å². The van der Waals surface area contributed by atoms with Crippen molar-refractivity contribution in [3.63, 3.8) is 0 Å². The Morgan fingerprint density at radius 2 is 1.70 bits per heavy atom. The average Bonchev–Trinajstić information content (AvgIpc) is 3.51. The molecule has 12 nitrogen and oxygen atoms in total. The maximum atomic E-state index is 12.9. The van der Waals surface area contributed by atoms with Gasteiger partial charge in [0.25, 0.3) is 5.91 Å². The molecule has 2 aromatic heterocycles. The number of thiazole rings is 1. The number of benzene rings is 1. The Balaban J connectivity index is 1.32. The van der Waals surface area contributed by atoms with E-state index in [9.17, 15) is 9.59 Å². The van der Waals surface area contributed by atoms with E-state index in [-0.39, 0.29) is 29.2 Å². The van der Waals surface area contributed by atoms with Crippen LogP contribution in [-0.2, 0) is 18.4 Å². The van der Waals surface area contributed by atoms with Gasteiger partial charge >= 0.3 is 14.5 Å². The molecule has 0 bridgehead atoms. The summed E-state index contributed by atoms with van der Waals surface area (Å²) < 4.78 is 18.5. The lowest BCUT2D eigenvalue weighted by molar-refractivity contribution is -0.138. The van der Waals surface area contributed by atoms with Gasteiger partial charge in [0.1, 0.15) is 28.9 Å². The number of nitrogens with zero attached hydrogens (tertiary/aromatic N) is 5. The number of para-hydroxylation sites is 1. The van der Waals surface area contributed by atoms with Gasteiger partial charge in [-0.25, -0.2) is 19.7 Å². The molecule has 1 saturated heterocycles. The lowest BCUT2D eigenvalue weighted by atomic mass is 10.2. The van der Waals surface area contributed by atoms with E-state index >= 15 is 0 Å². The van der Waals surface area contributed by atoms with Gasteiger partial charge in [0.05, 0.1) is 23.5 Å². The standard InChI is InChI=1S/C35H50ClN7O5SSi/c1-10-30(44)46-20-21-48-50(34(4,5)6,35(7,8)9)47-19-18-42-14-16-43(17-15-42)29-22-28(38-25(3)39-29)40-33-37-23-27(49-33)32(45)41-31-24(2)12-11-13-26(31)36/h10-13,22-23H,1,14-21H2,2-9H3,(H,41,45)(H,37,38,39,40). The number of carbonyl (C=O) groups is 2. The zero-order chi connectivity index (χ0) is 36.7. The van der Waals surface area contributed by atoms with Crippen molar-refractivity contribution < 1.29 is 23.2 Å². The molecular formula is C35H50ClN7O5SSi. The van der Waals surface area contributed by atoms with Crippen LogP contribution in [0.2, 0.25) is 15.1 Å².